The third-order valence-corrected chi connectivity index (χ3v) is 2.94. The summed E-state index contributed by atoms with van der Waals surface area (Å²) in [6.07, 6.45) is 0. The van der Waals surface area contributed by atoms with Crippen LogP contribution in [0.3, 0.4) is 0 Å². The average molecular weight is 269 g/mol. The molecular weight excluding hydrogens is 250 g/mol. The van der Waals surface area contributed by atoms with E-state index in [1.165, 1.54) is 0 Å². The number of aliphatic hydroxyl groups is 1. The normalized spacial score (nSPS) is 11.2. The molecule has 20 heavy (non-hydrogen) atoms. The van der Waals surface area contributed by atoms with Crippen molar-refractivity contribution in [3.05, 3.63) is 60.2 Å². The average Bonchev–Trinajstić information content (AvgIpc) is 2.45. The van der Waals surface area contributed by atoms with Crippen molar-refractivity contribution in [1.82, 2.24) is 5.32 Å². The van der Waals surface area contributed by atoms with Crippen molar-refractivity contribution in [2.24, 2.45) is 0 Å². The van der Waals surface area contributed by atoms with Gasteiger partial charge in [-0.25, -0.2) is 0 Å². The van der Waals surface area contributed by atoms with Crippen molar-refractivity contribution in [2.75, 3.05) is 6.54 Å². The number of rotatable bonds is 4. The summed E-state index contributed by atoms with van der Waals surface area (Å²) in [6, 6.07) is 17.4. The highest BCUT2D eigenvalue weighted by Gasteiger charge is 2.14. The molecule has 0 fully saturated rings. The molecule has 104 valence electrons. The molecule has 0 heterocycles. The van der Waals surface area contributed by atoms with E-state index in [9.17, 15) is 9.90 Å². The van der Waals surface area contributed by atoms with E-state index in [0.29, 0.717) is 5.56 Å². The number of amides is 1. The quantitative estimate of drug-likeness (QED) is 0.896. The predicted molar refractivity (Wildman–Crippen MR) is 80.5 cm³/mol. The van der Waals surface area contributed by atoms with E-state index < -0.39 is 5.60 Å². The van der Waals surface area contributed by atoms with Crippen LogP contribution in [-0.4, -0.2) is 23.2 Å². The van der Waals surface area contributed by atoms with Crippen LogP contribution in [0.5, 0.6) is 0 Å². The van der Waals surface area contributed by atoms with E-state index in [2.05, 4.69) is 5.32 Å². The molecule has 2 aromatic carbocycles. The van der Waals surface area contributed by atoms with E-state index in [4.69, 9.17) is 0 Å². The number of carbonyl (C=O) groups excluding carboxylic acids is 1. The number of benzene rings is 2. The van der Waals surface area contributed by atoms with Crippen molar-refractivity contribution in [1.29, 1.82) is 0 Å². The van der Waals surface area contributed by atoms with Crippen LogP contribution in [0.2, 0.25) is 0 Å². The van der Waals surface area contributed by atoms with Crippen LogP contribution in [0.25, 0.3) is 11.1 Å². The van der Waals surface area contributed by atoms with E-state index in [1.54, 1.807) is 26.0 Å². The van der Waals surface area contributed by atoms with Crippen LogP contribution in [0.15, 0.2) is 54.6 Å². The van der Waals surface area contributed by atoms with Crippen LogP contribution >= 0.6 is 0 Å². The Labute approximate surface area is 119 Å². The lowest BCUT2D eigenvalue weighted by Gasteiger charge is -2.17. The highest BCUT2D eigenvalue weighted by atomic mass is 16.3. The van der Waals surface area contributed by atoms with E-state index in [-0.39, 0.29) is 12.5 Å². The van der Waals surface area contributed by atoms with Crippen molar-refractivity contribution >= 4 is 5.91 Å². The van der Waals surface area contributed by atoms with Gasteiger partial charge in [0, 0.05) is 12.1 Å². The first-order chi connectivity index (χ1) is 9.46. The molecule has 2 rings (SSSR count). The molecule has 3 nitrogen and oxygen atoms in total. The van der Waals surface area contributed by atoms with Crippen LogP contribution in [0.4, 0.5) is 0 Å². The third-order valence-electron chi connectivity index (χ3n) is 2.94. The van der Waals surface area contributed by atoms with Crippen LogP contribution in [0.1, 0.15) is 24.2 Å². The van der Waals surface area contributed by atoms with Gasteiger partial charge in [0.1, 0.15) is 0 Å². The first kappa shape index (κ1) is 14.3. The molecule has 2 aromatic rings. The fraction of sp³-hybridized carbons (Fsp3) is 0.235. The van der Waals surface area contributed by atoms with Gasteiger partial charge in [-0.05, 0) is 37.1 Å². The SMILES string of the molecule is CC(C)(O)CNC(=O)c1ccc(-c2ccccc2)cc1. The second kappa shape index (κ2) is 5.88. The Morgan fingerprint density at radius 1 is 1.00 bits per heavy atom. The molecule has 0 saturated heterocycles. The van der Waals surface area contributed by atoms with Gasteiger partial charge < -0.3 is 10.4 Å². The standard InChI is InChI=1S/C17H19NO2/c1-17(2,20)12-18-16(19)15-10-8-14(9-11-15)13-6-4-3-5-7-13/h3-11,20H,12H2,1-2H3,(H,18,19). The maximum atomic E-state index is 11.9. The first-order valence-electron chi connectivity index (χ1n) is 6.62. The maximum absolute atomic E-state index is 11.9. The van der Waals surface area contributed by atoms with Gasteiger partial charge in [0.15, 0.2) is 0 Å². The maximum Gasteiger partial charge on any atom is 0.251 e. The Morgan fingerprint density at radius 3 is 2.10 bits per heavy atom. The summed E-state index contributed by atoms with van der Waals surface area (Å²) in [6.45, 7) is 3.55. The smallest absolute Gasteiger partial charge is 0.251 e. The molecule has 3 heteroatoms. The second-order valence-electron chi connectivity index (χ2n) is 5.44. The summed E-state index contributed by atoms with van der Waals surface area (Å²) < 4.78 is 0. The monoisotopic (exact) mass is 269 g/mol. The highest BCUT2D eigenvalue weighted by molar-refractivity contribution is 5.94. The molecule has 0 aliphatic carbocycles. The number of hydrogen-bond donors (Lipinski definition) is 2. The molecule has 0 unspecified atom stereocenters. The largest absolute Gasteiger partial charge is 0.389 e. The Bertz CT molecular complexity index is 568. The molecule has 0 bridgehead atoms. The molecular formula is C17H19NO2. The predicted octanol–water partition coefficient (Wildman–Crippen LogP) is 2.85. The number of nitrogens with one attached hydrogen (secondary N) is 1. The number of hydrogen-bond acceptors (Lipinski definition) is 2. The molecule has 0 radical (unpaired) electrons. The third kappa shape index (κ3) is 3.93. The van der Waals surface area contributed by atoms with Crippen molar-refractivity contribution in [2.45, 2.75) is 19.4 Å². The Morgan fingerprint density at radius 2 is 1.55 bits per heavy atom. The summed E-state index contributed by atoms with van der Waals surface area (Å²) in [5.41, 5.74) is 1.88. The molecule has 0 aliphatic heterocycles. The summed E-state index contributed by atoms with van der Waals surface area (Å²) in [4.78, 5) is 11.9. The minimum atomic E-state index is -0.903. The topological polar surface area (TPSA) is 49.3 Å². The van der Waals surface area contributed by atoms with Crippen LogP contribution < -0.4 is 5.32 Å². The van der Waals surface area contributed by atoms with Crippen molar-refractivity contribution in [3.63, 3.8) is 0 Å². The molecule has 0 aromatic heterocycles. The Kier molecular flexibility index (Phi) is 4.20. The Hall–Kier alpha value is -2.13. The molecule has 2 N–H and O–H groups in total. The lowest BCUT2D eigenvalue weighted by Crippen LogP contribution is -2.38. The summed E-state index contributed by atoms with van der Waals surface area (Å²) in [5.74, 6) is -0.174. The van der Waals surface area contributed by atoms with Crippen molar-refractivity contribution < 1.29 is 9.90 Å². The minimum Gasteiger partial charge on any atom is -0.389 e. The van der Waals surface area contributed by atoms with Crippen LogP contribution in [-0.2, 0) is 0 Å². The van der Waals surface area contributed by atoms with Crippen molar-refractivity contribution in [3.8, 4) is 11.1 Å². The fourth-order valence-electron chi connectivity index (χ4n) is 1.84. The lowest BCUT2D eigenvalue weighted by molar-refractivity contribution is 0.0694. The van der Waals surface area contributed by atoms with E-state index >= 15 is 0 Å². The van der Waals surface area contributed by atoms with Crippen LogP contribution in [0, 0.1) is 0 Å². The van der Waals surface area contributed by atoms with E-state index in [1.807, 2.05) is 42.5 Å². The number of carbonyl (C=O) groups is 1. The summed E-state index contributed by atoms with van der Waals surface area (Å²) in [5, 5.41) is 12.3. The second-order valence-corrected chi connectivity index (χ2v) is 5.44. The zero-order chi connectivity index (χ0) is 14.6. The van der Waals surface area contributed by atoms with Gasteiger partial charge in [-0.3, -0.25) is 4.79 Å². The van der Waals surface area contributed by atoms with Gasteiger partial charge in [0.25, 0.3) is 5.91 Å². The van der Waals surface area contributed by atoms with Gasteiger partial charge in [0.05, 0.1) is 5.60 Å². The van der Waals surface area contributed by atoms with Gasteiger partial charge in [-0.15, -0.1) is 0 Å². The highest BCUT2D eigenvalue weighted by Crippen LogP contribution is 2.19. The van der Waals surface area contributed by atoms with Gasteiger partial charge >= 0.3 is 0 Å². The molecule has 1 amide bonds. The Balaban J connectivity index is 2.07. The fourth-order valence-corrected chi connectivity index (χ4v) is 1.84. The van der Waals surface area contributed by atoms with Gasteiger partial charge in [-0.2, -0.15) is 0 Å². The van der Waals surface area contributed by atoms with E-state index in [0.717, 1.165) is 11.1 Å². The lowest BCUT2D eigenvalue weighted by atomic mass is 10.0. The molecule has 0 spiro atoms. The summed E-state index contributed by atoms with van der Waals surface area (Å²) >= 11 is 0. The summed E-state index contributed by atoms with van der Waals surface area (Å²) in [7, 11) is 0. The van der Waals surface area contributed by atoms with Gasteiger partial charge in [0.2, 0.25) is 0 Å². The first-order valence-corrected chi connectivity index (χ1v) is 6.62. The molecule has 0 saturated carbocycles. The zero-order valence-electron chi connectivity index (χ0n) is 11.8. The minimum absolute atomic E-state index is 0.174. The molecule has 0 atom stereocenters. The van der Waals surface area contributed by atoms with Gasteiger partial charge in [-0.1, -0.05) is 42.5 Å². The zero-order valence-corrected chi connectivity index (χ0v) is 11.8. The molecule has 0 aliphatic rings.